The zero-order chi connectivity index (χ0) is 24.9. The number of carbonyl (C=O) groups is 1. The van der Waals surface area contributed by atoms with E-state index in [2.05, 4.69) is 24.8 Å². The fraction of sp³-hybridized carbons (Fsp3) is 0.222. The highest BCUT2D eigenvalue weighted by molar-refractivity contribution is 5.92. The lowest BCUT2D eigenvalue weighted by Crippen LogP contribution is -2.49. The lowest BCUT2D eigenvalue weighted by Gasteiger charge is -2.35. The molecule has 1 N–H and O–H groups in total. The number of anilines is 1. The number of aromatic nitrogens is 4. The fourth-order valence-electron chi connectivity index (χ4n) is 4.23. The molecule has 1 amide bonds. The van der Waals surface area contributed by atoms with Crippen LogP contribution in [0.25, 0.3) is 11.3 Å². The van der Waals surface area contributed by atoms with Gasteiger partial charge in [-0.05, 0) is 17.7 Å². The first kappa shape index (κ1) is 23.2. The molecular formula is C27H26N6O3. The van der Waals surface area contributed by atoms with Crippen LogP contribution in [-0.4, -0.2) is 64.0 Å². The van der Waals surface area contributed by atoms with Crippen molar-refractivity contribution in [2.45, 2.75) is 6.42 Å². The summed E-state index contributed by atoms with van der Waals surface area (Å²) in [7, 11) is 1.61. The van der Waals surface area contributed by atoms with Gasteiger partial charge in [0.2, 0.25) is 0 Å². The average Bonchev–Trinajstić information content (AvgIpc) is 2.93. The maximum absolute atomic E-state index is 13.2. The Balaban J connectivity index is 1.25. The van der Waals surface area contributed by atoms with Crippen molar-refractivity contribution < 1.29 is 9.53 Å². The van der Waals surface area contributed by atoms with Crippen molar-refractivity contribution in [3.05, 3.63) is 100 Å². The largest absolute Gasteiger partial charge is 0.497 e. The van der Waals surface area contributed by atoms with Gasteiger partial charge in [-0.15, -0.1) is 0 Å². The van der Waals surface area contributed by atoms with Gasteiger partial charge in [0, 0.05) is 50.3 Å². The Morgan fingerprint density at radius 3 is 2.44 bits per heavy atom. The van der Waals surface area contributed by atoms with Gasteiger partial charge in [0.25, 0.3) is 11.5 Å². The number of hydrogen-bond donors (Lipinski definition) is 1. The third-order valence-corrected chi connectivity index (χ3v) is 6.15. The summed E-state index contributed by atoms with van der Waals surface area (Å²) >= 11 is 0. The van der Waals surface area contributed by atoms with E-state index in [0.29, 0.717) is 38.4 Å². The molecule has 182 valence electrons. The SMILES string of the molecule is COc1ccc(Cc2nc(C(=O)N3CCN(c4cc(-c5ccccc5)ncn4)CC3)cc(=O)[nH]2)cc1. The molecule has 0 bridgehead atoms. The van der Waals surface area contributed by atoms with E-state index in [1.165, 1.54) is 6.07 Å². The summed E-state index contributed by atoms with van der Waals surface area (Å²) in [6, 6.07) is 20.7. The molecular weight excluding hydrogens is 456 g/mol. The van der Waals surface area contributed by atoms with E-state index in [1.807, 2.05) is 60.7 Å². The zero-order valence-corrected chi connectivity index (χ0v) is 19.9. The molecule has 1 aliphatic heterocycles. The summed E-state index contributed by atoms with van der Waals surface area (Å²) in [5.74, 6) is 1.78. The molecule has 1 fully saturated rings. The second-order valence-electron chi connectivity index (χ2n) is 8.51. The highest BCUT2D eigenvalue weighted by atomic mass is 16.5. The number of carbonyl (C=O) groups excluding carboxylic acids is 1. The van der Waals surface area contributed by atoms with Crippen LogP contribution in [0, 0.1) is 0 Å². The normalized spacial score (nSPS) is 13.5. The summed E-state index contributed by atoms with van der Waals surface area (Å²) in [6.45, 7) is 2.26. The van der Waals surface area contributed by atoms with E-state index in [9.17, 15) is 9.59 Å². The van der Waals surface area contributed by atoms with Gasteiger partial charge < -0.3 is 19.5 Å². The number of rotatable bonds is 6. The molecule has 0 atom stereocenters. The number of amides is 1. The smallest absolute Gasteiger partial charge is 0.272 e. The summed E-state index contributed by atoms with van der Waals surface area (Å²) < 4.78 is 5.18. The van der Waals surface area contributed by atoms with E-state index in [4.69, 9.17) is 4.74 Å². The van der Waals surface area contributed by atoms with Gasteiger partial charge in [0.15, 0.2) is 0 Å². The Labute approximate surface area is 208 Å². The van der Waals surface area contributed by atoms with Crippen molar-refractivity contribution in [3.8, 4) is 17.0 Å². The van der Waals surface area contributed by atoms with E-state index in [1.54, 1.807) is 18.3 Å². The lowest BCUT2D eigenvalue weighted by atomic mass is 10.1. The first-order valence-electron chi connectivity index (χ1n) is 11.7. The van der Waals surface area contributed by atoms with Crippen LogP contribution in [0.2, 0.25) is 0 Å². The molecule has 9 nitrogen and oxygen atoms in total. The van der Waals surface area contributed by atoms with Gasteiger partial charge in [0.1, 0.15) is 29.4 Å². The molecule has 5 rings (SSSR count). The Hall–Kier alpha value is -4.53. The number of ether oxygens (including phenoxy) is 1. The Morgan fingerprint density at radius 1 is 0.972 bits per heavy atom. The van der Waals surface area contributed by atoms with E-state index in [0.717, 1.165) is 28.4 Å². The summed E-state index contributed by atoms with van der Waals surface area (Å²) in [4.78, 5) is 45.3. The predicted octanol–water partition coefficient (Wildman–Crippen LogP) is 2.79. The van der Waals surface area contributed by atoms with Gasteiger partial charge in [-0.2, -0.15) is 0 Å². The third-order valence-electron chi connectivity index (χ3n) is 6.15. The number of methoxy groups -OCH3 is 1. The number of hydrogen-bond acceptors (Lipinski definition) is 7. The number of nitrogens with one attached hydrogen (secondary N) is 1. The minimum absolute atomic E-state index is 0.157. The monoisotopic (exact) mass is 482 g/mol. The molecule has 2 aromatic carbocycles. The molecule has 9 heteroatoms. The molecule has 4 aromatic rings. The van der Waals surface area contributed by atoms with Gasteiger partial charge in [-0.25, -0.2) is 15.0 Å². The molecule has 1 aliphatic rings. The second-order valence-corrected chi connectivity index (χ2v) is 8.51. The van der Waals surface area contributed by atoms with Crippen LogP contribution in [0.15, 0.2) is 77.9 Å². The molecule has 0 aliphatic carbocycles. The molecule has 0 spiro atoms. The standard InChI is InChI=1S/C27H26N6O3/c1-36-21-9-7-19(8-10-21)15-24-30-23(17-26(34)31-24)27(35)33-13-11-32(12-14-33)25-16-22(28-18-29-25)20-5-3-2-4-6-20/h2-10,16-18H,11-15H2,1H3,(H,30,31,34). The fourth-order valence-corrected chi connectivity index (χ4v) is 4.23. The highest BCUT2D eigenvalue weighted by Crippen LogP contribution is 2.21. The van der Waals surface area contributed by atoms with Crippen LogP contribution < -0.4 is 15.2 Å². The van der Waals surface area contributed by atoms with E-state index < -0.39 is 0 Å². The van der Waals surface area contributed by atoms with Gasteiger partial charge in [-0.3, -0.25) is 9.59 Å². The molecule has 3 heterocycles. The Kier molecular flexibility index (Phi) is 6.70. The van der Waals surface area contributed by atoms with Crippen molar-refractivity contribution in [2.24, 2.45) is 0 Å². The topological polar surface area (TPSA) is 104 Å². The van der Waals surface area contributed by atoms with Crippen molar-refractivity contribution in [1.82, 2.24) is 24.8 Å². The minimum atomic E-state index is -0.343. The molecule has 0 radical (unpaired) electrons. The van der Waals surface area contributed by atoms with Crippen LogP contribution in [0.4, 0.5) is 5.82 Å². The second kappa shape index (κ2) is 10.4. The van der Waals surface area contributed by atoms with Crippen LogP contribution in [0.1, 0.15) is 21.9 Å². The molecule has 36 heavy (non-hydrogen) atoms. The third kappa shape index (κ3) is 5.25. The Bertz CT molecular complexity index is 1400. The number of H-pyrrole nitrogens is 1. The van der Waals surface area contributed by atoms with Crippen LogP contribution in [0.5, 0.6) is 5.75 Å². The molecule has 0 unspecified atom stereocenters. The van der Waals surface area contributed by atoms with Gasteiger partial charge >= 0.3 is 0 Å². The van der Waals surface area contributed by atoms with Crippen molar-refractivity contribution in [3.63, 3.8) is 0 Å². The molecule has 1 saturated heterocycles. The minimum Gasteiger partial charge on any atom is -0.497 e. The Morgan fingerprint density at radius 2 is 1.72 bits per heavy atom. The zero-order valence-electron chi connectivity index (χ0n) is 19.9. The maximum Gasteiger partial charge on any atom is 0.272 e. The van der Waals surface area contributed by atoms with E-state index >= 15 is 0 Å². The quantitative estimate of drug-likeness (QED) is 0.451. The summed E-state index contributed by atoms with van der Waals surface area (Å²) in [6.07, 6.45) is 1.98. The average molecular weight is 483 g/mol. The van der Waals surface area contributed by atoms with Crippen LogP contribution in [-0.2, 0) is 6.42 Å². The van der Waals surface area contributed by atoms with Crippen LogP contribution >= 0.6 is 0 Å². The molecule has 2 aromatic heterocycles. The highest BCUT2D eigenvalue weighted by Gasteiger charge is 2.24. The maximum atomic E-state index is 13.2. The summed E-state index contributed by atoms with van der Waals surface area (Å²) in [5.41, 5.74) is 2.66. The number of nitrogens with zero attached hydrogens (tertiary/aromatic N) is 5. The first-order chi connectivity index (χ1) is 17.6. The number of piperazine rings is 1. The first-order valence-corrected chi connectivity index (χ1v) is 11.7. The lowest BCUT2D eigenvalue weighted by molar-refractivity contribution is 0.0740. The predicted molar refractivity (Wildman–Crippen MR) is 136 cm³/mol. The summed E-state index contributed by atoms with van der Waals surface area (Å²) in [5, 5.41) is 0. The van der Waals surface area contributed by atoms with Crippen molar-refractivity contribution in [2.75, 3.05) is 38.2 Å². The van der Waals surface area contributed by atoms with Crippen LogP contribution in [0.3, 0.4) is 0 Å². The van der Waals surface area contributed by atoms with Gasteiger partial charge in [-0.1, -0.05) is 42.5 Å². The van der Waals surface area contributed by atoms with Crippen molar-refractivity contribution in [1.29, 1.82) is 0 Å². The van der Waals surface area contributed by atoms with E-state index in [-0.39, 0.29) is 17.2 Å². The van der Waals surface area contributed by atoms with Crippen molar-refractivity contribution >= 4 is 11.7 Å². The molecule has 0 saturated carbocycles. The number of aromatic amines is 1. The number of benzene rings is 2. The van der Waals surface area contributed by atoms with Gasteiger partial charge in [0.05, 0.1) is 12.8 Å².